The summed E-state index contributed by atoms with van der Waals surface area (Å²) in [4.78, 5) is 17.1. The number of rotatable bonds is 6. The number of carbonyl (C=O) groups excluding carboxylic acids is 1. The summed E-state index contributed by atoms with van der Waals surface area (Å²) >= 11 is 0. The minimum absolute atomic E-state index is 0.283. The molecule has 1 heterocycles. The molecule has 0 radical (unpaired) electrons. The molecule has 0 spiro atoms. The number of amides is 1. The first kappa shape index (κ1) is 17.4. The number of hydrogen-bond donors (Lipinski definition) is 1. The minimum Gasteiger partial charge on any atom is -0.356 e. The number of nitrogens with zero attached hydrogens (tertiary/aromatic N) is 2. The second-order valence-electron chi connectivity index (χ2n) is 7.35. The maximum atomic E-state index is 12.1. The van der Waals surface area contributed by atoms with Gasteiger partial charge in [-0.1, -0.05) is 43.2 Å². The van der Waals surface area contributed by atoms with Gasteiger partial charge < -0.3 is 10.2 Å². The van der Waals surface area contributed by atoms with E-state index in [4.69, 9.17) is 0 Å². The first-order chi connectivity index (χ1) is 11.7. The second kappa shape index (κ2) is 8.63. The summed E-state index contributed by atoms with van der Waals surface area (Å²) in [6, 6.07) is 11.3. The Morgan fingerprint density at radius 2 is 1.92 bits per heavy atom. The van der Waals surface area contributed by atoms with Crippen LogP contribution in [0.5, 0.6) is 0 Å². The van der Waals surface area contributed by atoms with Crippen LogP contribution >= 0.6 is 0 Å². The first-order valence-corrected chi connectivity index (χ1v) is 9.49. The van der Waals surface area contributed by atoms with Gasteiger partial charge in [-0.25, -0.2) is 0 Å². The molecule has 0 bridgehead atoms. The minimum atomic E-state index is 0.283. The fourth-order valence-corrected chi connectivity index (χ4v) is 4.04. The van der Waals surface area contributed by atoms with Gasteiger partial charge in [0.2, 0.25) is 5.91 Å². The van der Waals surface area contributed by atoms with Crippen LogP contribution in [0.2, 0.25) is 0 Å². The molecule has 2 fully saturated rings. The van der Waals surface area contributed by atoms with E-state index in [2.05, 4.69) is 52.5 Å². The van der Waals surface area contributed by atoms with Gasteiger partial charge in [-0.05, 0) is 31.9 Å². The van der Waals surface area contributed by atoms with Gasteiger partial charge in [0, 0.05) is 44.7 Å². The molecular formula is C20H31N3O. The predicted molar refractivity (Wildman–Crippen MR) is 97.8 cm³/mol. The van der Waals surface area contributed by atoms with Crippen molar-refractivity contribution in [2.45, 2.75) is 38.1 Å². The number of piperazine rings is 1. The highest BCUT2D eigenvalue weighted by molar-refractivity contribution is 5.78. The fraction of sp³-hybridized carbons (Fsp3) is 0.650. The highest BCUT2D eigenvalue weighted by Gasteiger charge is 2.26. The van der Waals surface area contributed by atoms with Gasteiger partial charge in [-0.15, -0.1) is 0 Å². The van der Waals surface area contributed by atoms with Crippen molar-refractivity contribution in [1.29, 1.82) is 0 Å². The SMILES string of the molecule is CN1CCN(CCCNC(=O)C2CCCC2)C(c2ccccc2)C1. The Morgan fingerprint density at radius 1 is 1.17 bits per heavy atom. The van der Waals surface area contributed by atoms with Crippen LogP contribution in [0, 0.1) is 5.92 Å². The van der Waals surface area contributed by atoms with E-state index in [1.165, 1.54) is 18.4 Å². The van der Waals surface area contributed by atoms with Crippen molar-refractivity contribution in [2.75, 3.05) is 39.8 Å². The summed E-state index contributed by atoms with van der Waals surface area (Å²) < 4.78 is 0. The van der Waals surface area contributed by atoms with Gasteiger partial charge in [0.25, 0.3) is 0 Å². The molecule has 4 nitrogen and oxygen atoms in total. The normalized spacial score (nSPS) is 23.5. The largest absolute Gasteiger partial charge is 0.356 e. The maximum Gasteiger partial charge on any atom is 0.223 e. The molecular weight excluding hydrogens is 298 g/mol. The van der Waals surface area contributed by atoms with Crippen LogP contribution in [0.25, 0.3) is 0 Å². The average Bonchev–Trinajstić information content (AvgIpc) is 3.15. The molecule has 0 aromatic heterocycles. The Balaban J connectivity index is 1.46. The highest BCUT2D eigenvalue weighted by atomic mass is 16.1. The summed E-state index contributed by atoms with van der Waals surface area (Å²) in [6.45, 7) is 5.17. The standard InChI is InChI=1S/C20H31N3O/c1-22-14-15-23(19(16-22)17-8-3-2-4-9-17)13-7-12-21-20(24)18-10-5-6-11-18/h2-4,8-9,18-19H,5-7,10-16H2,1H3,(H,21,24). The molecule has 1 saturated carbocycles. The fourth-order valence-electron chi connectivity index (χ4n) is 4.04. The van der Waals surface area contributed by atoms with Crippen LogP contribution in [0.4, 0.5) is 0 Å². The summed E-state index contributed by atoms with van der Waals surface area (Å²) in [5.74, 6) is 0.566. The van der Waals surface area contributed by atoms with Gasteiger partial charge >= 0.3 is 0 Å². The number of hydrogen-bond acceptors (Lipinski definition) is 3. The van der Waals surface area contributed by atoms with Crippen molar-refractivity contribution >= 4 is 5.91 Å². The number of carbonyl (C=O) groups is 1. The van der Waals surface area contributed by atoms with E-state index < -0.39 is 0 Å². The molecule has 3 rings (SSSR count). The molecule has 1 aliphatic heterocycles. The van der Waals surface area contributed by atoms with Crippen LogP contribution < -0.4 is 5.32 Å². The van der Waals surface area contributed by atoms with Crippen LogP contribution in [0.15, 0.2) is 30.3 Å². The molecule has 2 aliphatic rings. The maximum absolute atomic E-state index is 12.1. The molecule has 1 aliphatic carbocycles. The van der Waals surface area contributed by atoms with E-state index in [0.717, 1.165) is 52.0 Å². The Labute approximate surface area is 146 Å². The lowest BCUT2D eigenvalue weighted by molar-refractivity contribution is -0.124. The van der Waals surface area contributed by atoms with E-state index in [1.807, 2.05) is 0 Å². The quantitative estimate of drug-likeness (QED) is 0.815. The van der Waals surface area contributed by atoms with Gasteiger partial charge in [0.05, 0.1) is 0 Å². The second-order valence-corrected chi connectivity index (χ2v) is 7.35. The molecule has 4 heteroatoms. The predicted octanol–water partition coefficient (Wildman–Crippen LogP) is 2.67. The van der Waals surface area contributed by atoms with Crippen molar-refractivity contribution in [2.24, 2.45) is 5.92 Å². The number of nitrogens with one attached hydrogen (secondary N) is 1. The van der Waals surface area contributed by atoms with E-state index in [0.29, 0.717) is 6.04 Å². The Morgan fingerprint density at radius 3 is 2.67 bits per heavy atom. The molecule has 1 atom stereocenters. The zero-order chi connectivity index (χ0) is 16.8. The molecule has 1 N–H and O–H groups in total. The molecule has 24 heavy (non-hydrogen) atoms. The average molecular weight is 329 g/mol. The molecule has 1 aromatic carbocycles. The lowest BCUT2D eigenvalue weighted by Crippen LogP contribution is -2.47. The zero-order valence-electron chi connectivity index (χ0n) is 14.9. The van der Waals surface area contributed by atoms with Crippen molar-refractivity contribution in [3.63, 3.8) is 0 Å². The third kappa shape index (κ3) is 4.58. The molecule has 1 saturated heterocycles. The number of benzene rings is 1. The smallest absolute Gasteiger partial charge is 0.223 e. The lowest BCUT2D eigenvalue weighted by Gasteiger charge is -2.40. The summed E-state index contributed by atoms with van der Waals surface area (Å²) in [6.07, 6.45) is 5.64. The summed E-state index contributed by atoms with van der Waals surface area (Å²) in [7, 11) is 2.20. The molecule has 1 aromatic rings. The van der Waals surface area contributed by atoms with Gasteiger partial charge in [-0.2, -0.15) is 0 Å². The van der Waals surface area contributed by atoms with Crippen LogP contribution in [0.3, 0.4) is 0 Å². The third-order valence-corrected chi connectivity index (χ3v) is 5.53. The van der Waals surface area contributed by atoms with Crippen LogP contribution in [-0.4, -0.2) is 55.5 Å². The van der Waals surface area contributed by atoms with Gasteiger partial charge in [0.1, 0.15) is 0 Å². The zero-order valence-corrected chi connectivity index (χ0v) is 14.9. The monoisotopic (exact) mass is 329 g/mol. The summed E-state index contributed by atoms with van der Waals surface area (Å²) in [5, 5.41) is 3.15. The Kier molecular flexibility index (Phi) is 6.27. The molecule has 132 valence electrons. The lowest BCUT2D eigenvalue weighted by atomic mass is 10.0. The number of likely N-dealkylation sites (N-methyl/N-ethyl adjacent to an activating group) is 1. The van der Waals surface area contributed by atoms with Gasteiger partial charge in [0.15, 0.2) is 0 Å². The van der Waals surface area contributed by atoms with Crippen molar-refractivity contribution in [1.82, 2.24) is 15.1 Å². The molecule has 1 amide bonds. The Bertz CT molecular complexity index is 513. The topological polar surface area (TPSA) is 35.6 Å². The van der Waals surface area contributed by atoms with Crippen LogP contribution in [0.1, 0.15) is 43.7 Å². The van der Waals surface area contributed by atoms with Gasteiger partial charge in [-0.3, -0.25) is 9.69 Å². The van der Waals surface area contributed by atoms with Crippen molar-refractivity contribution in [3.8, 4) is 0 Å². The van der Waals surface area contributed by atoms with E-state index >= 15 is 0 Å². The summed E-state index contributed by atoms with van der Waals surface area (Å²) in [5.41, 5.74) is 1.40. The van der Waals surface area contributed by atoms with E-state index in [-0.39, 0.29) is 11.8 Å². The first-order valence-electron chi connectivity index (χ1n) is 9.49. The molecule has 1 unspecified atom stereocenters. The van der Waals surface area contributed by atoms with Crippen molar-refractivity contribution < 1.29 is 4.79 Å². The Hall–Kier alpha value is -1.39. The highest BCUT2D eigenvalue weighted by Crippen LogP contribution is 2.25. The third-order valence-electron chi connectivity index (χ3n) is 5.53. The van der Waals surface area contributed by atoms with Crippen LogP contribution in [-0.2, 0) is 4.79 Å². The van der Waals surface area contributed by atoms with E-state index in [1.54, 1.807) is 0 Å². The van der Waals surface area contributed by atoms with E-state index in [9.17, 15) is 4.79 Å². The van der Waals surface area contributed by atoms with Crippen molar-refractivity contribution in [3.05, 3.63) is 35.9 Å².